The van der Waals surface area contributed by atoms with Gasteiger partial charge in [0.1, 0.15) is 6.54 Å². The van der Waals surface area contributed by atoms with Crippen molar-refractivity contribution >= 4 is 17.5 Å². The van der Waals surface area contributed by atoms with Crippen molar-refractivity contribution in [3.8, 4) is 11.3 Å². The van der Waals surface area contributed by atoms with Crippen LogP contribution in [0.15, 0.2) is 48.8 Å². The molecule has 7 nitrogen and oxygen atoms in total. The quantitative estimate of drug-likeness (QED) is 0.685. The molecule has 0 spiro atoms. The van der Waals surface area contributed by atoms with E-state index in [1.54, 1.807) is 6.20 Å². The summed E-state index contributed by atoms with van der Waals surface area (Å²) in [6.07, 6.45) is 4.64. The number of aryl methyl sites for hydroxylation is 1. The standard InChI is InChI=1S/C21H24N6O/c1-3-11-27-16(2)18(14-23-27)19-9-10-22-21(24-19)25-12-13-26(20(28)15-25)17-7-5-4-6-8-17/h4-10,14H,3,11-13,15H2,1-2H3. The van der Waals surface area contributed by atoms with Gasteiger partial charge >= 0.3 is 0 Å². The van der Waals surface area contributed by atoms with E-state index in [0.717, 1.165) is 35.6 Å². The average Bonchev–Trinajstić information content (AvgIpc) is 3.09. The van der Waals surface area contributed by atoms with Gasteiger partial charge in [0.25, 0.3) is 0 Å². The van der Waals surface area contributed by atoms with Crippen molar-refractivity contribution in [1.82, 2.24) is 19.7 Å². The number of nitrogens with zero attached hydrogens (tertiary/aromatic N) is 6. The van der Waals surface area contributed by atoms with Crippen molar-refractivity contribution < 1.29 is 4.79 Å². The Morgan fingerprint density at radius 2 is 1.93 bits per heavy atom. The second-order valence-electron chi connectivity index (χ2n) is 6.91. The Labute approximate surface area is 164 Å². The van der Waals surface area contributed by atoms with Crippen LogP contribution in [0.3, 0.4) is 0 Å². The third-order valence-corrected chi connectivity index (χ3v) is 5.03. The highest BCUT2D eigenvalue weighted by Crippen LogP contribution is 2.24. The molecule has 0 unspecified atom stereocenters. The molecule has 3 aromatic rings. The number of amides is 1. The number of aromatic nitrogens is 4. The van der Waals surface area contributed by atoms with E-state index in [4.69, 9.17) is 4.98 Å². The van der Waals surface area contributed by atoms with Gasteiger partial charge in [-0.25, -0.2) is 9.97 Å². The van der Waals surface area contributed by atoms with Crippen LogP contribution in [0.25, 0.3) is 11.3 Å². The lowest BCUT2D eigenvalue weighted by molar-refractivity contribution is -0.117. The third kappa shape index (κ3) is 3.47. The number of anilines is 2. The molecule has 1 fully saturated rings. The second kappa shape index (κ2) is 7.80. The van der Waals surface area contributed by atoms with Crippen molar-refractivity contribution in [3.05, 3.63) is 54.5 Å². The molecule has 28 heavy (non-hydrogen) atoms. The largest absolute Gasteiger partial charge is 0.330 e. The molecular formula is C21H24N6O. The molecule has 1 saturated heterocycles. The zero-order valence-corrected chi connectivity index (χ0v) is 16.2. The van der Waals surface area contributed by atoms with Gasteiger partial charge in [0.05, 0.1) is 11.9 Å². The molecule has 0 saturated carbocycles. The van der Waals surface area contributed by atoms with E-state index in [0.29, 0.717) is 19.0 Å². The first-order valence-electron chi connectivity index (χ1n) is 9.63. The SMILES string of the molecule is CCCn1ncc(-c2ccnc(N3CCN(c4ccccc4)C(=O)C3)n2)c1C. The molecule has 1 aliphatic rings. The van der Waals surface area contributed by atoms with Crippen LogP contribution in [0.5, 0.6) is 0 Å². The molecule has 3 heterocycles. The van der Waals surface area contributed by atoms with Gasteiger partial charge in [-0.3, -0.25) is 9.48 Å². The number of carbonyl (C=O) groups excluding carboxylic acids is 1. The second-order valence-corrected chi connectivity index (χ2v) is 6.91. The summed E-state index contributed by atoms with van der Waals surface area (Å²) in [4.78, 5) is 25.6. The molecule has 0 atom stereocenters. The van der Waals surface area contributed by atoms with Gasteiger partial charge < -0.3 is 9.80 Å². The summed E-state index contributed by atoms with van der Waals surface area (Å²) in [6, 6.07) is 11.7. The molecule has 0 radical (unpaired) electrons. The highest BCUT2D eigenvalue weighted by Gasteiger charge is 2.26. The minimum Gasteiger partial charge on any atom is -0.330 e. The van der Waals surface area contributed by atoms with E-state index in [-0.39, 0.29) is 12.5 Å². The molecule has 4 rings (SSSR count). The topological polar surface area (TPSA) is 67.2 Å². The van der Waals surface area contributed by atoms with Crippen molar-refractivity contribution in [1.29, 1.82) is 0 Å². The maximum Gasteiger partial charge on any atom is 0.246 e. The zero-order chi connectivity index (χ0) is 19.5. The Hall–Kier alpha value is -3.22. The minimum absolute atomic E-state index is 0.0541. The van der Waals surface area contributed by atoms with E-state index >= 15 is 0 Å². The van der Waals surface area contributed by atoms with E-state index in [9.17, 15) is 4.79 Å². The van der Waals surface area contributed by atoms with Crippen LogP contribution in [0, 0.1) is 6.92 Å². The van der Waals surface area contributed by atoms with Crippen molar-refractivity contribution in [3.63, 3.8) is 0 Å². The molecule has 0 N–H and O–H groups in total. The third-order valence-electron chi connectivity index (χ3n) is 5.03. The highest BCUT2D eigenvalue weighted by atomic mass is 16.2. The number of hydrogen-bond acceptors (Lipinski definition) is 5. The fourth-order valence-electron chi connectivity index (χ4n) is 3.51. The number of hydrogen-bond donors (Lipinski definition) is 0. The van der Waals surface area contributed by atoms with Crippen LogP contribution >= 0.6 is 0 Å². The summed E-state index contributed by atoms with van der Waals surface area (Å²) >= 11 is 0. The first-order valence-corrected chi connectivity index (χ1v) is 9.63. The maximum absolute atomic E-state index is 12.7. The minimum atomic E-state index is 0.0541. The Bertz CT molecular complexity index is 968. The average molecular weight is 376 g/mol. The number of carbonyl (C=O) groups is 1. The zero-order valence-electron chi connectivity index (χ0n) is 16.2. The van der Waals surface area contributed by atoms with Gasteiger partial charge in [-0.05, 0) is 31.5 Å². The first kappa shape index (κ1) is 18.2. The maximum atomic E-state index is 12.7. The fraction of sp³-hybridized carbons (Fsp3) is 0.333. The predicted molar refractivity (Wildman–Crippen MR) is 109 cm³/mol. The van der Waals surface area contributed by atoms with Gasteiger partial charge in [-0.15, -0.1) is 0 Å². The fourth-order valence-corrected chi connectivity index (χ4v) is 3.51. The monoisotopic (exact) mass is 376 g/mol. The Kier molecular flexibility index (Phi) is 5.06. The summed E-state index contributed by atoms with van der Waals surface area (Å²) in [5, 5.41) is 4.46. The van der Waals surface area contributed by atoms with Crippen LogP contribution in [0.1, 0.15) is 19.0 Å². The van der Waals surface area contributed by atoms with Crippen molar-refractivity contribution in [2.24, 2.45) is 0 Å². The van der Waals surface area contributed by atoms with E-state index in [2.05, 4.69) is 23.9 Å². The van der Waals surface area contributed by atoms with Gasteiger partial charge in [0.2, 0.25) is 11.9 Å². The van der Waals surface area contributed by atoms with Gasteiger partial charge in [-0.1, -0.05) is 25.1 Å². The first-order chi connectivity index (χ1) is 13.7. The number of para-hydroxylation sites is 1. The molecule has 1 aromatic carbocycles. The lowest BCUT2D eigenvalue weighted by atomic mass is 10.2. The van der Waals surface area contributed by atoms with Crippen LogP contribution in [-0.4, -0.2) is 45.3 Å². The molecule has 0 bridgehead atoms. The molecule has 0 aliphatic carbocycles. The van der Waals surface area contributed by atoms with E-state index in [1.807, 2.05) is 57.1 Å². The van der Waals surface area contributed by atoms with E-state index < -0.39 is 0 Å². The van der Waals surface area contributed by atoms with Crippen LogP contribution in [0.2, 0.25) is 0 Å². The van der Waals surface area contributed by atoms with Gasteiger partial charge in [0.15, 0.2) is 0 Å². The normalized spacial score (nSPS) is 14.6. The molecule has 1 amide bonds. The van der Waals surface area contributed by atoms with Crippen molar-refractivity contribution in [2.45, 2.75) is 26.8 Å². The number of rotatable bonds is 5. The smallest absolute Gasteiger partial charge is 0.246 e. The predicted octanol–water partition coefficient (Wildman–Crippen LogP) is 2.91. The molecule has 144 valence electrons. The van der Waals surface area contributed by atoms with Crippen LogP contribution in [-0.2, 0) is 11.3 Å². The van der Waals surface area contributed by atoms with Gasteiger partial charge in [-0.2, -0.15) is 5.10 Å². The number of piperazine rings is 1. The molecule has 7 heteroatoms. The highest BCUT2D eigenvalue weighted by molar-refractivity contribution is 5.97. The lowest BCUT2D eigenvalue weighted by Crippen LogP contribution is -2.51. The summed E-state index contributed by atoms with van der Waals surface area (Å²) < 4.78 is 2.00. The van der Waals surface area contributed by atoms with E-state index in [1.165, 1.54) is 0 Å². The Balaban J connectivity index is 1.53. The molecule has 1 aliphatic heterocycles. The number of benzene rings is 1. The van der Waals surface area contributed by atoms with Gasteiger partial charge in [0, 0.05) is 42.8 Å². The van der Waals surface area contributed by atoms with Crippen LogP contribution < -0.4 is 9.80 Å². The molecule has 2 aromatic heterocycles. The summed E-state index contributed by atoms with van der Waals surface area (Å²) in [5.41, 5.74) is 3.87. The molecular weight excluding hydrogens is 352 g/mol. The van der Waals surface area contributed by atoms with Crippen molar-refractivity contribution in [2.75, 3.05) is 29.4 Å². The summed E-state index contributed by atoms with van der Waals surface area (Å²) in [7, 11) is 0. The lowest BCUT2D eigenvalue weighted by Gasteiger charge is -2.34. The van der Waals surface area contributed by atoms with Crippen LogP contribution in [0.4, 0.5) is 11.6 Å². The summed E-state index contributed by atoms with van der Waals surface area (Å²) in [5.74, 6) is 0.639. The Morgan fingerprint density at radius 1 is 1.11 bits per heavy atom. The summed E-state index contributed by atoms with van der Waals surface area (Å²) in [6.45, 7) is 6.66. The Morgan fingerprint density at radius 3 is 2.68 bits per heavy atom.